The van der Waals surface area contributed by atoms with Crippen LogP contribution in [0.3, 0.4) is 0 Å². The minimum absolute atomic E-state index is 0.234. The van der Waals surface area contributed by atoms with Gasteiger partial charge < -0.3 is 24.8 Å². The fourth-order valence-electron chi connectivity index (χ4n) is 2.64. The number of hydrogen-bond donors (Lipinski definition) is 2. The highest BCUT2D eigenvalue weighted by Crippen LogP contribution is 2.21. The number of esters is 1. The first kappa shape index (κ1) is 22.9. The van der Waals surface area contributed by atoms with Gasteiger partial charge in [0.05, 0.1) is 19.3 Å². The van der Waals surface area contributed by atoms with Crippen LogP contribution < -0.4 is 15.4 Å². The van der Waals surface area contributed by atoms with Crippen molar-refractivity contribution in [2.45, 2.75) is 20.5 Å². The summed E-state index contributed by atoms with van der Waals surface area (Å²) < 4.78 is 15.7. The fraction of sp³-hybridized carbons (Fsp3) is 0.318. The van der Waals surface area contributed by atoms with Crippen LogP contribution in [0.5, 0.6) is 5.75 Å². The minimum atomic E-state index is -0.637. The highest BCUT2D eigenvalue weighted by Gasteiger charge is 2.14. The molecule has 0 spiro atoms. The minimum Gasteiger partial charge on any atom is -0.496 e. The van der Waals surface area contributed by atoms with Crippen molar-refractivity contribution in [2.75, 3.05) is 32.2 Å². The molecule has 2 amide bonds. The van der Waals surface area contributed by atoms with E-state index in [2.05, 4.69) is 10.6 Å². The van der Waals surface area contributed by atoms with E-state index >= 15 is 0 Å². The van der Waals surface area contributed by atoms with E-state index in [0.29, 0.717) is 42.3 Å². The first-order chi connectivity index (χ1) is 14.5. The maximum absolute atomic E-state index is 12.3. The number of carbonyl (C=O) groups is 3. The monoisotopic (exact) mass is 414 g/mol. The highest BCUT2D eigenvalue weighted by molar-refractivity contribution is 5.98. The summed E-state index contributed by atoms with van der Waals surface area (Å²) in [5.74, 6) is -0.784. The highest BCUT2D eigenvalue weighted by atomic mass is 16.5. The Morgan fingerprint density at radius 1 is 1.00 bits per heavy atom. The molecule has 0 heterocycles. The summed E-state index contributed by atoms with van der Waals surface area (Å²) >= 11 is 0. The first-order valence-corrected chi connectivity index (χ1v) is 9.58. The molecule has 0 fully saturated rings. The Morgan fingerprint density at radius 2 is 1.80 bits per heavy atom. The molecule has 0 aliphatic heterocycles. The van der Waals surface area contributed by atoms with Gasteiger partial charge in [0.1, 0.15) is 5.75 Å². The maximum atomic E-state index is 12.3. The van der Waals surface area contributed by atoms with Crippen molar-refractivity contribution in [3.63, 3.8) is 0 Å². The molecular formula is C22H26N2O6. The molecule has 0 unspecified atom stereocenters. The Bertz CT molecular complexity index is 897. The topological polar surface area (TPSA) is 103 Å². The lowest BCUT2D eigenvalue weighted by Crippen LogP contribution is -2.23. The van der Waals surface area contributed by atoms with E-state index in [1.807, 2.05) is 13.8 Å². The summed E-state index contributed by atoms with van der Waals surface area (Å²) in [7, 11) is 1.54. The van der Waals surface area contributed by atoms with Crippen LogP contribution in [0, 0.1) is 0 Å². The molecule has 2 aromatic carbocycles. The molecular weight excluding hydrogens is 388 g/mol. The van der Waals surface area contributed by atoms with Gasteiger partial charge in [-0.1, -0.05) is 6.07 Å². The molecule has 0 saturated heterocycles. The molecule has 8 heteroatoms. The van der Waals surface area contributed by atoms with E-state index in [4.69, 9.17) is 14.2 Å². The zero-order valence-corrected chi connectivity index (χ0v) is 17.3. The van der Waals surface area contributed by atoms with Gasteiger partial charge in [0.15, 0.2) is 6.61 Å². The van der Waals surface area contributed by atoms with Crippen molar-refractivity contribution >= 4 is 23.5 Å². The molecule has 0 saturated carbocycles. The quantitative estimate of drug-likeness (QED) is 0.580. The van der Waals surface area contributed by atoms with E-state index < -0.39 is 18.5 Å². The summed E-state index contributed by atoms with van der Waals surface area (Å²) in [6.45, 7) is 4.55. The van der Waals surface area contributed by atoms with E-state index in [0.717, 1.165) is 0 Å². The van der Waals surface area contributed by atoms with Crippen LogP contribution in [0.25, 0.3) is 0 Å². The summed E-state index contributed by atoms with van der Waals surface area (Å²) in [5.41, 5.74) is 1.85. The molecule has 160 valence electrons. The molecule has 2 rings (SSSR count). The van der Waals surface area contributed by atoms with E-state index in [1.165, 1.54) is 7.11 Å². The van der Waals surface area contributed by atoms with E-state index in [9.17, 15) is 14.4 Å². The first-order valence-electron chi connectivity index (χ1n) is 9.58. The summed E-state index contributed by atoms with van der Waals surface area (Å²) in [6, 6.07) is 11.3. The second-order valence-corrected chi connectivity index (χ2v) is 6.23. The van der Waals surface area contributed by atoms with Crippen LogP contribution >= 0.6 is 0 Å². The molecule has 0 aliphatic rings. The molecule has 0 aliphatic carbocycles. The Balaban J connectivity index is 1.95. The Hall–Kier alpha value is -3.39. The second kappa shape index (κ2) is 11.6. The van der Waals surface area contributed by atoms with Crippen LogP contribution in [0.2, 0.25) is 0 Å². The van der Waals surface area contributed by atoms with Gasteiger partial charge in [-0.2, -0.15) is 0 Å². The standard InChI is InChI=1S/C22H26N2O6/c1-4-23-21(26)15-7-6-8-18(12-15)24-20(25)14-30-22(27)16-9-10-19(28-3)17(11-16)13-29-5-2/h6-12H,4-5,13-14H2,1-3H3,(H,23,26)(H,24,25). The number of amides is 2. The zero-order chi connectivity index (χ0) is 21.9. The van der Waals surface area contributed by atoms with Gasteiger partial charge in [0.2, 0.25) is 0 Å². The number of methoxy groups -OCH3 is 1. The second-order valence-electron chi connectivity index (χ2n) is 6.23. The number of nitrogens with one attached hydrogen (secondary N) is 2. The molecule has 0 atom stereocenters. The molecule has 30 heavy (non-hydrogen) atoms. The van der Waals surface area contributed by atoms with Crippen molar-refractivity contribution in [1.82, 2.24) is 5.32 Å². The van der Waals surface area contributed by atoms with Gasteiger partial charge in [-0.3, -0.25) is 9.59 Å². The number of anilines is 1. The van der Waals surface area contributed by atoms with E-state index in [1.54, 1.807) is 42.5 Å². The Labute approximate surface area is 175 Å². The predicted molar refractivity (Wildman–Crippen MR) is 112 cm³/mol. The lowest BCUT2D eigenvalue weighted by atomic mass is 10.1. The average Bonchev–Trinajstić information content (AvgIpc) is 2.76. The number of hydrogen-bond acceptors (Lipinski definition) is 6. The Morgan fingerprint density at radius 3 is 2.50 bits per heavy atom. The third-order valence-electron chi connectivity index (χ3n) is 4.06. The Kier molecular flexibility index (Phi) is 8.83. The molecule has 8 nitrogen and oxygen atoms in total. The van der Waals surface area contributed by atoms with Crippen molar-refractivity contribution in [1.29, 1.82) is 0 Å². The SMILES string of the molecule is CCNC(=O)c1cccc(NC(=O)COC(=O)c2ccc(OC)c(COCC)c2)c1. The van der Waals surface area contributed by atoms with Gasteiger partial charge in [-0.25, -0.2) is 4.79 Å². The van der Waals surface area contributed by atoms with Gasteiger partial charge in [0, 0.05) is 30.0 Å². The van der Waals surface area contributed by atoms with Crippen LogP contribution in [0.1, 0.15) is 40.1 Å². The van der Waals surface area contributed by atoms with Gasteiger partial charge in [-0.15, -0.1) is 0 Å². The summed E-state index contributed by atoms with van der Waals surface area (Å²) in [6.07, 6.45) is 0. The summed E-state index contributed by atoms with van der Waals surface area (Å²) in [4.78, 5) is 36.3. The van der Waals surface area contributed by atoms with Crippen molar-refractivity contribution in [3.8, 4) is 5.75 Å². The number of carbonyl (C=O) groups excluding carboxylic acids is 3. The largest absolute Gasteiger partial charge is 0.496 e. The molecule has 0 bridgehead atoms. The van der Waals surface area contributed by atoms with Crippen LogP contribution in [0.4, 0.5) is 5.69 Å². The van der Waals surface area contributed by atoms with Crippen molar-refractivity contribution < 1.29 is 28.6 Å². The predicted octanol–water partition coefficient (Wildman–Crippen LogP) is 2.78. The normalized spacial score (nSPS) is 10.2. The van der Waals surface area contributed by atoms with Gasteiger partial charge in [-0.05, 0) is 50.2 Å². The van der Waals surface area contributed by atoms with Gasteiger partial charge >= 0.3 is 5.97 Å². The van der Waals surface area contributed by atoms with Gasteiger partial charge in [0.25, 0.3) is 11.8 Å². The lowest BCUT2D eigenvalue weighted by molar-refractivity contribution is -0.119. The molecule has 0 radical (unpaired) electrons. The summed E-state index contributed by atoms with van der Waals surface area (Å²) in [5, 5.41) is 5.29. The number of benzene rings is 2. The van der Waals surface area contributed by atoms with Crippen LogP contribution in [-0.2, 0) is 20.9 Å². The third-order valence-corrected chi connectivity index (χ3v) is 4.06. The zero-order valence-electron chi connectivity index (χ0n) is 17.3. The van der Waals surface area contributed by atoms with E-state index in [-0.39, 0.29) is 11.5 Å². The molecule has 2 aromatic rings. The number of rotatable bonds is 10. The average molecular weight is 414 g/mol. The van der Waals surface area contributed by atoms with Crippen molar-refractivity contribution in [3.05, 3.63) is 59.2 Å². The maximum Gasteiger partial charge on any atom is 0.338 e. The molecule has 2 N–H and O–H groups in total. The third kappa shape index (κ3) is 6.59. The van der Waals surface area contributed by atoms with Crippen molar-refractivity contribution in [2.24, 2.45) is 0 Å². The smallest absolute Gasteiger partial charge is 0.338 e. The fourth-order valence-corrected chi connectivity index (χ4v) is 2.64. The molecule has 0 aromatic heterocycles. The van der Waals surface area contributed by atoms with Crippen LogP contribution in [-0.4, -0.2) is 44.7 Å². The number of ether oxygens (including phenoxy) is 3. The van der Waals surface area contributed by atoms with Crippen LogP contribution in [0.15, 0.2) is 42.5 Å². The lowest BCUT2D eigenvalue weighted by Gasteiger charge is -2.11.